The van der Waals surface area contributed by atoms with E-state index in [1.54, 1.807) is 16.7 Å². The van der Waals surface area contributed by atoms with Crippen LogP contribution in [-0.4, -0.2) is 104 Å². The number of nitrogens with two attached hydrogens (primary N) is 1. The summed E-state index contributed by atoms with van der Waals surface area (Å²) in [5.74, 6) is 0. The number of nitrogen functional groups attached to an aromatic ring is 1. The summed E-state index contributed by atoms with van der Waals surface area (Å²) >= 11 is 3.13. The molecule has 8 rings (SSSR count). The van der Waals surface area contributed by atoms with Gasteiger partial charge in [0.1, 0.15) is 5.00 Å². The molecule has 0 fully saturated rings. The number of benzene rings is 5. The van der Waals surface area contributed by atoms with Gasteiger partial charge in [-0.05, 0) is 144 Å². The van der Waals surface area contributed by atoms with E-state index in [9.17, 15) is 43.0 Å². The molecule has 1 unspecified atom stereocenters. The largest absolute Gasteiger partial charge is 0.425 e. The molecule has 3 heterocycles. The molecule has 0 amide bonds. The molecule has 85 heavy (non-hydrogen) atoms. The molecule has 0 aliphatic heterocycles. The van der Waals surface area contributed by atoms with Gasteiger partial charge in [-0.1, -0.05) is 37.7 Å². The van der Waals surface area contributed by atoms with E-state index < -0.39 is 45.8 Å². The molecule has 0 bridgehead atoms. The van der Waals surface area contributed by atoms with Gasteiger partial charge in [0.05, 0.1) is 37.0 Å². The van der Waals surface area contributed by atoms with E-state index in [0.717, 1.165) is 73.3 Å². The summed E-state index contributed by atoms with van der Waals surface area (Å²) in [6.45, 7) is 17.0. The Kier molecular flexibility index (Phi) is 29.9. The lowest BCUT2D eigenvalue weighted by atomic mass is 10.1. The number of non-ortho nitro benzene ring substituents is 3. The Labute approximate surface area is 498 Å². The minimum absolute atomic E-state index is 0. The zero-order valence-corrected chi connectivity index (χ0v) is 49.7. The van der Waals surface area contributed by atoms with Crippen LogP contribution in [0.5, 0.6) is 0 Å². The smallest absolute Gasteiger partial charge is 0.389 e. The van der Waals surface area contributed by atoms with E-state index in [2.05, 4.69) is 129 Å². The third-order valence-corrected chi connectivity index (χ3v) is 13.9. The highest BCUT2D eigenvalue weighted by Gasteiger charge is 2.16. The van der Waals surface area contributed by atoms with Crippen molar-refractivity contribution < 1.29 is 73.9 Å². The number of nitro benzene ring substituents is 3. The van der Waals surface area contributed by atoms with E-state index in [0.29, 0.717) is 37.3 Å². The molecular weight excluding hydrogens is 1240 g/mol. The fourth-order valence-corrected chi connectivity index (χ4v) is 9.06. The second kappa shape index (κ2) is 34.8. The lowest BCUT2D eigenvalue weighted by molar-refractivity contribution is -0.384. The van der Waals surface area contributed by atoms with Crippen molar-refractivity contribution in [1.82, 2.24) is 13.1 Å². The molecule has 1 atom stereocenters. The lowest BCUT2D eigenvalue weighted by Crippen LogP contribution is -2.21. The van der Waals surface area contributed by atoms with Gasteiger partial charge in [0.25, 0.3) is 17.1 Å². The number of rotatable bonds is 17. The van der Waals surface area contributed by atoms with E-state index in [1.165, 1.54) is 70.9 Å². The molecule has 462 valence electrons. The molecule has 0 radical (unpaired) electrons. The number of aromatic nitrogens is 3. The highest BCUT2D eigenvalue weighted by atomic mass is 32.3. The average Bonchev–Trinajstić information content (AvgIpc) is 3.56. The highest BCUT2D eigenvalue weighted by Crippen LogP contribution is 2.36. The zero-order valence-electron chi connectivity index (χ0n) is 44.8. The molecular formula is C46H58N14O19S6. The first-order chi connectivity index (χ1) is 39.6. The minimum atomic E-state index is -4.67. The third-order valence-electron chi connectivity index (χ3n) is 10.8. The second-order valence-electron chi connectivity index (χ2n) is 15.9. The molecule has 39 heteroatoms. The van der Waals surface area contributed by atoms with Crippen LogP contribution in [0.4, 0.5) is 49.1 Å². The van der Waals surface area contributed by atoms with Crippen LogP contribution in [0.3, 0.4) is 0 Å². The van der Waals surface area contributed by atoms with Crippen LogP contribution in [0.1, 0.15) is 60.1 Å². The Morgan fingerprint density at radius 3 is 1.41 bits per heavy atom. The molecule has 0 saturated heterocycles. The van der Waals surface area contributed by atoms with Crippen molar-refractivity contribution in [3.8, 4) is 0 Å². The highest BCUT2D eigenvalue weighted by molar-refractivity contribution is 7.85. The van der Waals surface area contributed by atoms with Gasteiger partial charge in [0.15, 0.2) is 10.0 Å². The zero-order chi connectivity index (χ0) is 63.0. The first-order valence-corrected chi connectivity index (χ1v) is 30.3. The maximum Gasteiger partial charge on any atom is 0.425 e. The van der Waals surface area contributed by atoms with Crippen LogP contribution in [0, 0.1) is 30.3 Å². The number of azo groups is 1. The topological polar surface area (TPSA) is 488 Å². The van der Waals surface area contributed by atoms with E-state index >= 15 is 0 Å². The van der Waals surface area contributed by atoms with Crippen molar-refractivity contribution in [2.45, 2.75) is 61.8 Å². The molecule has 0 spiro atoms. The summed E-state index contributed by atoms with van der Waals surface area (Å²) in [7, 11) is -13.4. The maximum atomic E-state index is 11.0. The first kappa shape index (κ1) is 73.2. The molecule has 0 aliphatic rings. The number of nitrogens with zero attached hydrogens (tertiary/aromatic N) is 13. The van der Waals surface area contributed by atoms with Crippen molar-refractivity contribution in [1.29, 1.82) is 0 Å². The fraction of sp³-hybridized carbons (Fsp3) is 0.283. The monoisotopic (exact) mass is 1300 g/mol. The van der Waals surface area contributed by atoms with Crippen LogP contribution in [-0.2, 0) is 52.5 Å². The lowest BCUT2D eigenvalue weighted by Gasteiger charge is -2.22. The standard InChI is InChI=1S/C19H21N5O2S.C12H19N.C7H4N4O6S2.C7H5N3O2S.CH4.H3NO5S.H2O4S/c1-4-13-11-14(23(5-2)6-3)7-9-17(13)20-21-19-16-12-15(24(25)26)8-10-18(16)22-27-19;1-4-11-8-7-9-12(10-11)13(5-2)6-3;12-11(13)4-1-2-6-5(3-4)7(18-9-6)8-10-19(15,16)17-14;8-7-5-3-4(10(11)12)1-2-6(5)9-13-7;;2-1-7(4,5)6-3;1-5(2,3)4/h7-12H,4-6H2,1-3H3;7-10H,4-6H2,1-3H3;1-3,14H;1-3H,8H2;1H4;2-3H,(H,1,4,5);(H2,1,2,3,4). The molecule has 5 aromatic carbocycles. The van der Waals surface area contributed by atoms with Crippen molar-refractivity contribution in [2.24, 2.45) is 24.4 Å². The van der Waals surface area contributed by atoms with Crippen molar-refractivity contribution in [3.05, 3.63) is 139 Å². The normalized spacial score (nSPS) is 11.7. The van der Waals surface area contributed by atoms with Gasteiger partial charge in [-0.2, -0.15) is 34.2 Å². The van der Waals surface area contributed by atoms with Gasteiger partial charge in [0.2, 0.25) is 0 Å². The second-order valence-corrected chi connectivity index (χ2v) is 21.4. The van der Waals surface area contributed by atoms with Crippen molar-refractivity contribution >= 4 is 147 Å². The first-order valence-electron chi connectivity index (χ1n) is 23.8. The van der Waals surface area contributed by atoms with Crippen LogP contribution in [0.25, 0.3) is 32.7 Å². The Bertz CT molecular complexity index is 3930. The number of nitro groups is 3. The van der Waals surface area contributed by atoms with Crippen LogP contribution >= 0.6 is 34.6 Å². The number of fused-ring (bicyclic) bond motifs is 3. The van der Waals surface area contributed by atoms with Crippen molar-refractivity contribution in [3.63, 3.8) is 0 Å². The molecule has 3 aromatic heterocycles. The molecule has 0 aliphatic carbocycles. The average molecular weight is 1300 g/mol. The Hall–Kier alpha value is -7.90. The fourth-order valence-electron chi connectivity index (χ4n) is 6.78. The predicted octanol–water partition coefficient (Wildman–Crippen LogP) is 12.6. The number of aryl methyl sites for hydroxylation is 2. The van der Waals surface area contributed by atoms with Gasteiger partial charge >= 0.3 is 31.0 Å². The van der Waals surface area contributed by atoms with Crippen molar-refractivity contribution in [2.75, 3.05) is 41.7 Å². The summed E-state index contributed by atoms with van der Waals surface area (Å²) in [5.41, 5.74) is 13.1. The SMILES string of the molecule is C.CCc1cc(N(CC)CC)ccc1N=Nc1snc2ccc([N+](=O)[O-])cc12.CCc1cccc(N(CC)CC)c1.Nc1snc2ccc([N+](=O)[O-])cc12.O=S(=O)(O)O.O=S(O)(=NO)OO.O=[N+]([O-])c1ccc2nsc(N=NS(=O)(=O)OO)c2c1. The van der Waals surface area contributed by atoms with Crippen LogP contribution in [0.2, 0.25) is 0 Å². The van der Waals surface area contributed by atoms with Crippen LogP contribution in [0.15, 0.2) is 121 Å². The van der Waals surface area contributed by atoms with Gasteiger partial charge in [-0.3, -0.25) is 49.2 Å². The minimum Gasteiger partial charge on any atom is -0.389 e. The summed E-state index contributed by atoms with van der Waals surface area (Å²) in [6.07, 6.45) is 1.97. The number of hydrogen-bond acceptors (Lipinski definition) is 28. The summed E-state index contributed by atoms with van der Waals surface area (Å²) in [5, 5.41) is 69.6. The molecule has 8 aromatic rings. The van der Waals surface area contributed by atoms with E-state index in [-0.39, 0.29) is 34.9 Å². The van der Waals surface area contributed by atoms with E-state index in [1.807, 2.05) is 6.07 Å². The summed E-state index contributed by atoms with van der Waals surface area (Å²) < 4.78 is 93.0. The molecule has 33 nitrogen and oxygen atoms in total. The van der Waals surface area contributed by atoms with Gasteiger partial charge in [0, 0.05) is 90.1 Å². The Morgan fingerprint density at radius 1 is 0.576 bits per heavy atom. The summed E-state index contributed by atoms with van der Waals surface area (Å²) in [6, 6.07) is 27.9. The molecule has 8 N–H and O–H groups in total. The Balaban J connectivity index is 0.000000374. The summed E-state index contributed by atoms with van der Waals surface area (Å²) in [4.78, 5) is 35.3. The number of hydrogen-bond donors (Lipinski definition) is 7. The van der Waals surface area contributed by atoms with E-state index in [4.69, 9.17) is 43.5 Å². The Morgan fingerprint density at radius 2 is 1.01 bits per heavy atom. The predicted molar refractivity (Wildman–Crippen MR) is 323 cm³/mol. The van der Waals surface area contributed by atoms with Gasteiger partial charge in [-0.25, -0.2) is 10.5 Å². The number of anilines is 3. The third kappa shape index (κ3) is 23.6. The van der Waals surface area contributed by atoms with Gasteiger partial charge in [-0.15, -0.1) is 19.7 Å². The van der Waals surface area contributed by atoms with Gasteiger partial charge < -0.3 is 15.5 Å². The quantitative estimate of drug-likeness (QED) is 0.0146. The van der Waals surface area contributed by atoms with Crippen LogP contribution < -0.4 is 15.5 Å². The molecule has 0 saturated carbocycles. The maximum absolute atomic E-state index is 11.0.